The summed E-state index contributed by atoms with van der Waals surface area (Å²) in [5, 5.41) is 3.00. The first-order chi connectivity index (χ1) is 3.79. The van der Waals surface area contributed by atoms with Crippen LogP contribution in [0.4, 0.5) is 0 Å². The second-order valence-electron chi connectivity index (χ2n) is 1.86. The van der Waals surface area contributed by atoms with Gasteiger partial charge in [-0.25, -0.2) is 0 Å². The molecule has 1 heterocycles. The Morgan fingerprint density at radius 1 is 1.50 bits per heavy atom. The molecule has 0 radical (unpaired) electrons. The lowest BCUT2D eigenvalue weighted by molar-refractivity contribution is 0.933. The zero-order chi connectivity index (χ0) is 5.98. The summed E-state index contributed by atoms with van der Waals surface area (Å²) in [4.78, 5) is 0. The molecule has 0 bridgehead atoms. The van der Waals surface area contributed by atoms with Crippen molar-refractivity contribution in [1.29, 1.82) is 0 Å². The van der Waals surface area contributed by atoms with E-state index in [1.54, 1.807) is 0 Å². The quantitative estimate of drug-likeness (QED) is 0.495. The lowest BCUT2D eigenvalue weighted by atomic mass is 10.2. The zero-order valence-electron chi connectivity index (χ0n) is 4.78. The Balaban J connectivity index is 2.68. The molecule has 0 unspecified atom stereocenters. The molecule has 0 saturated heterocycles. The van der Waals surface area contributed by atoms with Gasteiger partial charge in [0.25, 0.3) is 0 Å². The van der Waals surface area contributed by atoms with E-state index in [1.807, 2.05) is 12.2 Å². The maximum absolute atomic E-state index is 3.74. The molecule has 1 aliphatic heterocycles. The van der Waals surface area contributed by atoms with Gasteiger partial charge in [-0.3, -0.25) is 0 Å². The van der Waals surface area contributed by atoms with E-state index >= 15 is 0 Å². The summed E-state index contributed by atoms with van der Waals surface area (Å²) in [6.07, 6.45) is 4.93. The first kappa shape index (κ1) is 5.16. The van der Waals surface area contributed by atoms with E-state index in [4.69, 9.17) is 0 Å². The van der Waals surface area contributed by atoms with Crippen LogP contribution in [-0.2, 0) is 0 Å². The number of nitrogens with one attached hydrogen (secondary N) is 1. The number of allylic oxidation sites excluding steroid dienone is 2. The molecule has 0 aromatic carbocycles. The number of hydrogen-bond donors (Lipinski definition) is 1. The van der Waals surface area contributed by atoms with E-state index in [0.717, 1.165) is 17.8 Å². The van der Waals surface area contributed by atoms with Crippen LogP contribution in [-0.4, -0.2) is 0 Å². The van der Waals surface area contributed by atoms with Crippen LogP contribution < -0.4 is 5.32 Å². The molecule has 1 rings (SSSR count). The molecule has 0 aromatic rings. The van der Waals surface area contributed by atoms with Crippen molar-refractivity contribution < 1.29 is 0 Å². The van der Waals surface area contributed by atoms with Crippen molar-refractivity contribution >= 4 is 0 Å². The average molecular weight is 107 g/mol. The van der Waals surface area contributed by atoms with E-state index in [2.05, 4.69) is 18.5 Å². The third-order valence-corrected chi connectivity index (χ3v) is 1.02. The molecule has 0 atom stereocenters. The van der Waals surface area contributed by atoms with Gasteiger partial charge < -0.3 is 5.32 Å². The van der Waals surface area contributed by atoms with Crippen molar-refractivity contribution in [3.63, 3.8) is 0 Å². The molecule has 8 heavy (non-hydrogen) atoms. The van der Waals surface area contributed by atoms with Crippen LogP contribution in [0.2, 0.25) is 0 Å². The fourth-order valence-corrected chi connectivity index (χ4v) is 0.663. The normalized spacial score (nSPS) is 18.5. The van der Waals surface area contributed by atoms with Crippen LogP contribution in [0.25, 0.3) is 0 Å². The molecule has 1 nitrogen and oxygen atoms in total. The minimum atomic E-state index is 0.930. The molecule has 42 valence electrons. The summed E-state index contributed by atoms with van der Waals surface area (Å²) in [7, 11) is 0. The van der Waals surface area contributed by atoms with Crippen molar-refractivity contribution in [3.05, 3.63) is 36.7 Å². The van der Waals surface area contributed by atoms with E-state index in [1.165, 1.54) is 0 Å². The smallest absolute Gasteiger partial charge is 0.0305 e. The number of hydrogen-bond acceptors (Lipinski definition) is 1. The largest absolute Gasteiger partial charge is 0.360 e. The van der Waals surface area contributed by atoms with Gasteiger partial charge in [0.05, 0.1) is 0 Å². The summed E-state index contributed by atoms with van der Waals surface area (Å²) < 4.78 is 0. The molecule has 0 fully saturated rings. The summed E-state index contributed by atoms with van der Waals surface area (Å²) in [5.41, 5.74) is 1.96. The number of rotatable bonds is 0. The van der Waals surface area contributed by atoms with Gasteiger partial charge in [0.15, 0.2) is 0 Å². The Labute approximate surface area is 49.4 Å². The van der Waals surface area contributed by atoms with Crippen LogP contribution >= 0.6 is 0 Å². The van der Waals surface area contributed by atoms with Crippen molar-refractivity contribution in [2.45, 2.75) is 6.42 Å². The van der Waals surface area contributed by atoms with Gasteiger partial charge in [0, 0.05) is 17.8 Å². The summed E-state index contributed by atoms with van der Waals surface area (Å²) in [6.45, 7) is 7.45. The van der Waals surface area contributed by atoms with Crippen molar-refractivity contribution in [3.8, 4) is 0 Å². The van der Waals surface area contributed by atoms with Gasteiger partial charge in [0.1, 0.15) is 0 Å². The van der Waals surface area contributed by atoms with Gasteiger partial charge in [-0.1, -0.05) is 19.2 Å². The van der Waals surface area contributed by atoms with Gasteiger partial charge in [0.2, 0.25) is 0 Å². The molecule has 0 spiro atoms. The Hall–Kier alpha value is -0.980. The lowest BCUT2D eigenvalue weighted by Crippen LogP contribution is -2.11. The Kier molecular flexibility index (Phi) is 1.20. The maximum atomic E-state index is 3.74. The summed E-state index contributed by atoms with van der Waals surface area (Å²) in [5.74, 6) is 0. The predicted molar refractivity (Wildman–Crippen MR) is 35.2 cm³/mol. The lowest BCUT2D eigenvalue weighted by Gasteiger charge is -2.10. The molecular formula is C7H9N. The first-order valence-electron chi connectivity index (χ1n) is 2.59. The minimum Gasteiger partial charge on any atom is -0.360 e. The van der Waals surface area contributed by atoms with E-state index in [-0.39, 0.29) is 0 Å². The second kappa shape index (κ2) is 1.86. The fraction of sp³-hybridized carbons (Fsp3) is 0.143. The van der Waals surface area contributed by atoms with E-state index in [9.17, 15) is 0 Å². The van der Waals surface area contributed by atoms with Crippen LogP contribution in [0, 0.1) is 0 Å². The predicted octanol–water partition coefficient (Wildman–Crippen LogP) is 1.56. The minimum absolute atomic E-state index is 0.930. The molecular weight excluding hydrogens is 98.1 g/mol. The van der Waals surface area contributed by atoms with Crippen molar-refractivity contribution in [1.82, 2.24) is 5.32 Å². The van der Waals surface area contributed by atoms with Crippen molar-refractivity contribution in [2.24, 2.45) is 0 Å². The van der Waals surface area contributed by atoms with E-state index < -0.39 is 0 Å². The fourth-order valence-electron chi connectivity index (χ4n) is 0.663. The average Bonchev–Trinajstić information content (AvgIpc) is 1.64. The molecule has 0 aliphatic carbocycles. The van der Waals surface area contributed by atoms with Crippen molar-refractivity contribution in [2.75, 3.05) is 0 Å². The Bertz CT molecular complexity index is 154. The molecule has 0 aromatic heterocycles. The van der Waals surface area contributed by atoms with Crippen LogP contribution in [0.5, 0.6) is 0 Å². The Morgan fingerprint density at radius 2 is 2.25 bits per heavy atom. The highest BCUT2D eigenvalue weighted by Crippen LogP contribution is 2.05. The SMILES string of the molecule is C=C1C=CCC(=C)N1. The molecule has 1 aliphatic rings. The topological polar surface area (TPSA) is 12.0 Å². The van der Waals surface area contributed by atoms with E-state index in [0.29, 0.717) is 0 Å². The Morgan fingerprint density at radius 3 is 2.62 bits per heavy atom. The monoisotopic (exact) mass is 107 g/mol. The highest BCUT2D eigenvalue weighted by molar-refractivity contribution is 5.24. The summed E-state index contributed by atoms with van der Waals surface area (Å²) >= 11 is 0. The molecule has 0 saturated carbocycles. The van der Waals surface area contributed by atoms with Crippen LogP contribution in [0.15, 0.2) is 36.7 Å². The molecule has 1 heteroatoms. The standard InChI is InChI=1S/C7H9N/c1-6-4-3-5-7(2)8-6/h3-4,8H,1-2,5H2. The van der Waals surface area contributed by atoms with Gasteiger partial charge >= 0.3 is 0 Å². The third-order valence-electron chi connectivity index (χ3n) is 1.02. The van der Waals surface area contributed by atoms with Gasteiger partial charge in [-0.15, -0.1) is 0 Å². The summed E-state index contributed by atoms with van der Waals surface area (Å²) in [6, 6.07) is 0. The van der Waals surface area contributed by atoms with Crippen LogP contribution in [0.3, 0.4) is 0 Å². The highest BCUT2D eigenvalue weighted by Gasteiger charge is 1.95. The second-order valence-corrected chi connectivity index (χ2v) is 1.86. The first-order valence-corrected chi connectivity index (χ1v) is 2.59. The third kappa shape index (κ3) is 0.997. The molecule has 0 amide bonds. The zero-order valence-corrected chi connectivity index (χ0v) is 4.78. The van der Waals surface area contributed by atoms with Gasteiger partial charge in [-0.2, -0.15) is 0 Å². The molecule has 1 N–H and O–H groups in total. The highest BCUT2D eigenvalue weighted by atomic mass is 14.9. The van der Waals surface area contributed by atoms with Crippen LogP contribution in [0.1, 0.15) is 6.42 Å². The maximum Gasteiger partial charge on any atom is 0.0305 e. The van der Waals surface area contributed by atoms with Gasteiger partial charge in [-0.05, 0) is 6.08 Å².